The van der Waals surface area contributed by atoms with Crippen molar-refractivity contribution in [1.29, 1.82) is 0 Å². The van der Waals surface area contributed by atoms with Crippen LogP contribution in [0.5, 0.6) is 5.75 Å². The van der Waals surface area contributed by atoms with E-state index in [-0.39, 0.29) is 36.0 Å². The maximum Gasteiger partial charge on any atom is 0.431 e. The number of hydrogen-bond acceptors (Lipinski definition) is 9. The molecular formula is C27H25F3N2O8. The van der Waals surface area contributed by atoms with E-state index in [2.05, 4.69) is 10.1 Å². The van der Waals surface area contributed by atoms with Crippen LogP contribution in [0, 0.1) is 10.1 Å². The Kier molecular flexibility index (Phi) is 8.43. The summed E-state index contributed by atoms with van der Waals surface area (Å²) in [4.78, 5) is 36.6. The third-order valence-corrected chi connectivity index (χ3v) is 6.27. The lowest BCUT2D eigenvalue weighted by molar-refractivity contribution is -0.384. The van der Waals surface area contributed by atoms with Crippen LogP contribution in [0.3, 0.4) is 0 Å². The largest absolute Gasteiger partial charge is 0.491 e. The fourth-order valence-electron chi connectivity index (χ4n) is 4.25. The first-order chi connectivity index (χ1) is 19.0. The number of methoxy groups -OCH3 is 1. The number of ether oxygens (including phenoxy) is 4. The number of carbonyl (C=O) groups excluding carboxylic acids is 2. The number of alkyl halides is 3. The van der Waals surface area contributed by atoms with Crippen molar-refractivity contribution in [2.24, 2.45) is 0 Å². The van der Waals surface area contributed by atoms with E-state index in [1.54, 1.807) is 24.3 Å². The van der Waals surface area contributed by atoms with E-state index in [4.69, 9.17) is 14.2 Å². The number of halogens is 3. The van der Waals surface area contributed by atoms with E-state index in [0.717, 1.165) is 24.8 Å². The Morgan fingerprint density at radius 1 is 1.12 bits per heavy atom. The van der Waals surface area contributed by atoms with E-state index in [1.807, 2.05) is 0 Å². The summed E-state index contributed by atoms with van der Waals surface area (Å²) in [5.41, 5.74) is -2.59. The molecular weight excluding hydrogens is 537 g/mol. The molecule has 2 heterocycles. The van der Waals surface area contributed by atoms with Crippen LogP contribution in [-0.4, -0.2) is 56.1 Å². The summed E-state index contributed by atoms with van der Waals surface area (Å²) in [7, 11) is 0.896. The van der Waals surface area contributed by atoms with Crippen LogP contribution in [0.2, 0.25) is 0 Å². The number of carbonyl (C=O) groups is 2. The predicted octanol–water partition coefficient (Wildman–Crippen LogP) is 4.11. The quantitative estimate of drug-likeness (QED) is 0.197. The average Bonchev–Trinajstić information content (AvgIpc) is 3.75. The normalized spacial score (nSPS) is 18.6. The Morgan fingerprint density at radius 3 is 2.42 bits per heavy atom. The minimum atomic E-state index is -5.03. The lowest BCUT2D eigenvalue weighted by atomic mass is 9.80. The number of nitro benzene ring substituents is 1. The van der Waals surface area contributed by atoms with Crippen molar-refractivity contribution in [1.82, 2.24) is 5.32 Å². The second-order valence-electron chi connectivity index (χ2n) is 9.02. The van der Waals surface area contributed by atoms with Crippen LogP contribution in [0.15, 0.2) is 71.1 Å². The maximum absolute atomic E-state index is 14.0. The first kappa shape index (κ1) is 28.6. The highest BCUT2D eigenvalue weighted by Crippen LogP contribution is 2.44. The fraction of sp³-hybridized carbons (Fsp3) is 0.333. The summed E-state index contributed by atoms with van der Waals surface area (Å²) < 4.78 is 62.7. The number of nitro groups is 1. The van der Waals surface area contributed by atoms with Gasteiger partial charge >= 0.3 is 18.1 Å². The highest BCUT2D eigenvalue weighted by molar-refractivity contribution is 6.00. The number of rotatable bonds is 10. The summed E-state index contributed by atoms with van der Waals surface area (Å²) in [6.45, 7) is 2.22. The lowest BCUT2D eigenvalue weighted by Gasteiger charge is -2.31. The van der Waals surface area contributed by atoms with Crippen LogP contribution in [0.25, 0.3) is 0 Å². The molecule has 2 aliphatic heterocycles. The second-order valence-corrected chi connectivity index (χ2v) is 9.02. The third kappa shape index (κ3) is 6.60. The monoisotopic (exact) mass is 562 g/mol. The molecule has 0 amide bonds. The van der Waals surface area contributed by atoms with E-state index >= 15 is 0 Å². The van der Waals surface area contributed by atoms with E-state index in [1.165, 1.54) is 19.1 Å². The molecule has 0 aliphatic carbocycles. The van der Waals surface area contributed by atoms with Crippen molar-refractivity contribution >= 4 is 17.6 Å². The van der Waals surface area contributed by atoms with Crippen LogP contribution in [0.1, 0.15) is 24.0 Å². The zero-order valence-electron chi connectivity index (χ0n) is 21.4. The van der Waals surface area contributed by atoms with Gasteiger partial charge in [0, 0.05) is 24.3 Å². The molecule has 1 saturated heterocycles. The molecule has 40 heavy (non-hydrogen) atoms. The predicted molar refractivity (Wildman–Crippen MR) is 133 cm³/mol. The molecule has 0 bridgehead atoms. The number of benzene rings is 2. The number of nitrogens with one attached hydrogen (secondary N) is 1. The standard InChI is InChI=1S/C27H25F3N2O8/c1-15-21(26(34)38-11-10-16-6-8-19(9-7-16)39-13-20-14-40-20)22(17-4-3-5-18(12-17)32(35)36)23(25(33)37-2)24(31-15)27(28,29)30/h3-9,12,20,22,31H,10-11,13-14H2,1-2H3. The Hall–Kier alpha value is -4.39. The molecule has 0 aromatic heterocycles. The van der Waals surface area contributed by atoms with E-state index in [0.29, 0.717) is 19.0 Å². The van der Waals surface area contributed by atoms with E-state index < -0.39 is 45.9 Å². The molecule has 13 heteroatoms. The van der Waals surface area contributed by atoms with E-state index in [9.17, 15) is 32.9 Å². The summed E-state index contributed by atoms with van der Waals surface area (Å²) in [6.07, 6.45) is -4.63. The maximum atomic E-state index is 14.0. The number of non-ortho nitro benzene ring substituents is 1. The Bertz CT molecular complexity index is 1360. The number of epoxide rings is 1. The van der Waals surface area contributed by atoms with Gasteiger partial charge in [0.25, 0.3) is 5.69 Å². The molecule has 2 aromatic carbocycles. The van der Waals surface area contributed by atoms with Crippen molar-refractivity contribution in [3.63, 3.8) is 0 Å². The van der Waals surface area contributed by atoms with Crippen LogP contribution in [-0.2, 0) is 30.2 Å². The smallest absolute Gasteiger partial charge is 0.431 e. The van der Waals surface area contributed by atoms with Crippen molar-refractivity contribution in [2.75, 3.05) is 26.9 Å². The summed E-state index contributed by atoms with van der Waals surface area (Å²) in [5.74, 6) is -3.35. The number of hydrogen-bond donors (Lipinski definition) is 1. The van der Waals surface area contributed by atoms with Crippen LogP contribution < -0.4 is 10.1 Å². The van der Waals surface area contributed by atoms with Crippen molar-refractivity contribution in [3.8, 4) is 5.75 Å². The number of nitrogens with zero attached hydrogens (tertiary/aromatic N) is 1. The molecule has 4 rings (SSSR count). The van der Waals surface area contributed by atoms with Gasteiger partial charge in [-0.1, -0.05) is 24.3 Å². The van der Waals surface area contributed by atoms with Gasteiger partial charge in [0.15, 0.2) is 0 Å². The summed E-state index contributed by atoms with van der Waals surface area (Å²) in [6, 6.07) is 11.8. The first-order valence-corrected chi connectivity index (χ1v) is 12.1. The van der Waals surface area contributed by atoms with Gasteiger partial charge in [-0.15, -0.1) is 0 Å². The molecule has 10 nitrogen and oxygen atoms in total. The van der Waals surface area contributed by atoms with Gasteiger partial charge in [-0.2, -0.15) is 13.2 Å². The van der Waals surface area contributed by atoms with Crippen LogP contribution in [0.4, 0.5) is 18.9 Å². The molecule has 1 fully saturated rings. The summed E-state index contributed by atoms with van der Waals surface area (Å²) in [5, 5.41) is 13.5. The van der Waals surface area contributed by atoms with Crippen molar-refractivity contribution in [2.45, 2.75) is 31.5 Å². The van der Waals surface area contributed by atoms with Crippen molar-refractivity contribution in [3.05, 3.63) is 92.3 Å². The fourth-order valence-corrected chi connectivity index (χ4v) is 4.25. The topological polar surface area (TPSA) is 130 Å². The zero-order valence-corrected chi connectivity index (χ0v) is 21.4. The molecule has 0 radical (unpaired) electrons. The molecule has 1 N–H and O–H groups in total. The number of esters is 2. The minimum absolute atomic E-state index is 0.0867. The van der Waals surface area contributed by atoms with Crippen molar-refractivity contribution < 1.29 is 46.6 Å². The third-order valence-electron chi connectivity index (χ3n) is 6.27. The van der Waals surface area contributed by atoms with Gasteiger partial charge in [0.05, 0.1) is 42.3 Å². The van der Waals surface area contributed by atoms with Gasteiger partial charge < -0.3 is 24.3 Å². The average molecular weight is 562 g/mol. The highest BCUT2D eigenvalue weighted by atomic mass is 19.4. The van der Waals surface area contributed by atoms with Gasteiger partial charge in [0.2, 0.25) is 0 Å². The highest BCUT2D eigenvalue weighted by Gasteiger charge is 2.47. The first-order valence-electron chi connectivity index (χ1n) is 12.1. The molecule has 2 atom stereocenters. The lowest BCUT2D eigenvalue weighted by Crippen LogP contribution is -2.38. The SMILES string of the molecule is COC(=O)C1=C(C(F)(F)F)NC(C)=C(C(=O)OCCc2ccc(OCC3CO3)cc2)C1c1cccc([N+](=O)[O-])c1. The molecule has 2 aromatic rings. The molecule has 2 aliphatic rings. The second kappa shape index (κ2) is 11.8. The number of allylic oxidation sites excluding steroid dienone is 2. The van der Waals surface area contributed by atoms with Gasteiger partial charge in [0.1, 0.15) is 24.2 Å². The van der Waals surface area contributed by atoms with Crippen LogP contribution >= 0.6 is 0 Å². The Morgan fingerprint density at radius 2 is 1.82 bits per heavy atom. The molecule has 0 spiro atoms. The minimum Gasteiger partial charge on any atom is -0.491 e. The Labute approximate surface area is 226 Å². The molecule has 0 saturated carbocycles. The van der Waals surface area contributed by atoms with Gasteiger partial charge in [-0.3, -0.25) is 10.1 Å². The van der Waals surface area contributed by atoms with Gasteiger partial charge in [-0.05, 0) is 30.2 Å². The molecule has 212 valence electrons. The number of dihydropyridines is 1. The zero-order chi connectivity index (χ0) is 29.0. The summed E-state index contributed by atoms with van der Waals surface area (Å²) >= 11 is 0. The molecule has 2 unspecified atom stereocenters. The van der Waals surface area contributed by atoms with Gasteiger partial charge in [-0.25, -0.2) is 9.59 Å². The Balaban J connectivity index is 1.59.